The molecule has 2 aromatic carbocycles. The highest BCUT2D eigenvalue weighted by molar-refractivity contribution is 5.77. The molecule has 0 aliphatic heterocycles. The summed E-state index contributed by atoms with van der Waals surface area (Å²) in [5, 5.41) is 4.77. The Morgan fingerprint density at radius 2 is 1.75 bits per heavy atom. The van der Waals surface area contributed by atoms with Crippen LogP contribution in [0.3, 0.4) is 0 Å². The van der Waals surface area contributed by atoms with E-state index in [4.69, 9.17) is 4.52 Å². The maximum atomic E-state index is 12.4. The van der Waals surface area contributed by atoms with Gasteiger partial charge in [-0.05, 0) is 37.0 Å². The fourth-order valence-electron chi connectivity index (χ4n) is 3.66. The van der Waals surface area contributed by atoms with Crippen molar-refractivity contribution in [2.45, 2.75) is 59.2 Å². The Bertz CT molecular complexity index is 1240. The molecule has 4 aromatic rings. The zero-order chi connectivity index (χ0) is 22.7. The van der Waals surface area contributed by atoms with E-state index >= 15 is 0 Å². The van der Waals surface area contributed by atoms with Crippen molar-refractivity contribution in [1.82, 2.24) is 25.0 Å². The number of H-pyrrole nitrogens is 1. The summed E-state index contributed by atoms with van der Waals surface area (Å²) < 4.78 is 5.56. The smallest absolute Gasteiger partial charge is 0.258 e. The Morgan fingerprint density at radius 3 is 2.47 bits per heavy atom. The lowest BCUT2D eigenvalue weighted by Crippen LogP contribution is -2.33. The molecule has 0 spiro atoms. The summed E-state index contributed by atoms with van der Waals surface area (Å²) in [6.07, 6.45) is 0.940. The number of rotatable bonds is 8. The second-order valence-corrected chi connectivity index (χ2v) is 8.48. The van der Waals surface area contributed by atoms with Gasteiger partial charge in [0.2, 0.25) is 11.7 Å². The fourth-order valence-corrected chi connectivity index (χ4v) is 3.66. The zero-order valence-corrected chi connectivity index (χ0v) is 19.0. The van der Waals surface area contributed by atoms with E-state index in [0.717, 1.165) is 12.0 Å². The summed E-state index contributed by atoms with van der Waals surface area (Å²) in [5.41, 5.74) is 2.78. The third-order valence-corrected chi connectivity index (χ3v) is 5.87. The first-order valence-electron chi connectivity index (χ1n) is 11.1. The van der Waals surface area contributed by atoms with Crippen molar-refractivity contribution in [3.8, 4) is 11.4 Å². The second-order valence-electron chi connectivity index (χ2n) is 8.48. The Labute approximate surface area is 187 Å². The Hall–Kier alpha value is -3.32. The molecule has 1 atom stereocenters. The molecule has 1 unspecified atom stereocenters. The van der Waals surface area contributed by atoms with Crippen LogP contribution < -0.4 is 5.56 Å². The molecule has 1 N–H and O–H groups in total. The predicted octanol–water partition coefficient (Wildman–Crippen LogP) is 4.90. The Morgan fingerprint density at radius 1 is 1.00 bits per heavy atom. The van der Waals surface area contributed by atoms with Crippen molar-refractivity contribution in [2.24, 2.45) is 0 Å². The molecule has 0 amide bonds. The molecule has 0 aliphatic carbocycles. The largest absolute Gasteiger partial charge is 0.338 e. The average Bonchev–Trinajstić information content (AvgIpc) is 3.27. The van der Waals surface area contributed by atoms with Gasteiger partial charge in [0.05, 0.1) is 24.0 Å². The van der Waals surface area contributed by atoms with Gasteiger partial charge in [0.15, 0.2) is 0 Å². The molecule has 32 heavy (non-hydrogen) atoms. The van der Waals surface area contributed by atoms with E-state index in [9.17, 15) is 4.79 Å². The van der Waals surface area contributed by atoms with Gasteiger partial charge in [-0.1, -0.05) is 62.3 Å². The molecule has 166 valence electrons. The molecule has 0 aliphatic rings. The van der Waals surface area contributed by atoms with Gasteiger partial charge in [0.1, 0.15) is 5.82 Å². The molecule has 7 heteroatoms. The highest BCUT2D eigenvalue weighted by atomic mass is 16.5. The normalized spacial score (nSPS) is 12.7. The number of hydrogen-bond donors (Lipinski definition) is 1. The SMILES string of the molecule is CCC(C)N(Cc1nc2ccccc2c(=O)[nH]1)Cc1nc(-c2ccc(C(C)C)cc2)no1. The maximum absolute atomic E-state index is 12.4. The van der Waals surface area contributed by atoms with E-state index in [2.05, 4.69) is 64.8 Å². The maximum Gasteiger partial charge on any atom is 0.258 e. The minimum absolute atomic E-state index is 0.125. The molecule has 4 rings (SSSR count). The number of benzene rings is 2. The van der Waals surface area contributed by atoms with Gasteiger partial charge in [-0.2, -0.15) is 4.98 Å². The Kier molecular flexibility index (Phi) is 6.46. The highest BCUT2D eigenvalue weighted by Gasteiger charge is 2.19. The number of fused-ring (bicyclic) bond motifs is 1. The lowest BCUT2D eigenvalue weighted by atomic mass is 10.0. The predicted molar refractivity (Wildman–Crippen MR) is 125 cm³/mol. The number of hydrogen-bond acceptors (Lipinski definition) is 6. The van der Waals surface area contributed by atoms with Gasteiger partial charge in [0.25, 0.3) is 5.56 Å². The standard InChI is InChI=1S/C25H29N5O2/c1-5-17(4)30(14-22-26-21-9-7-6-8-20(21)25(31)27-22)15-23-28-24(29-32-23)19-12-10-18(11-13-19)16(2)3/h6-13,16-17H,5,14-15H2,1-4H3,(H,26,27,31). The van der Waals surface area contributed by atoms with Gasteiger partial charge in [-0.3, -0.25) is 9.69 Å². The molecule has 7 nitrogen and oxygen atoms in total. The summed E-state index contributed by atoms with van der Waals surface area (Å²) in [6, 6.07) is 15.9. The van der Waals surface area contributed by atoms with Crippen LogP contribution in [-0.2, 0) is 13.1 Å². The first-order valence-corrected chi connectivity index (χ1v) is 11.1. The van der Waals surface area contributed by atoms with Gasteiger partial charge in [-0.25, -0.2) is 4.98 Å². The van der Waals surface area contributed by atoms with E-state index in [1.165, 1.54) is 5.56 Å². The van der Waals surface area contributed by atoms with Gasteiger partial charge >= 0.3 is 0 Å². The van der Waals surface area contributed by atoms with Crippen LogP contribution in [0.2, 0.25) is 0 Å². The lowest BCUT2D eigenvalue weighted by Gasteiger charge is -2.26. The van der Waals surface area contributed by atoms with Crippen LogP contribution in [0, 0.1) is 0 Å². The molecule has 2 aromatic heterocycles. The quantitative estimate of drug-likeness (QED) is 0.427. The summed E-state index contributed by atoms with van der Waals surface area (Å²) in [7, 11) is 0. The molecule has 0 saturated carbocycles. The van der Waals surface area contributed by atoms with Crippen LogP contribution in [0.4, 0.5) is 0 Å². The molecule has 0 radical (unpaired) electrons. The molecular weight excluding hydrogens is 402 g/mol. The summed E-state index contributed by atoms with van der Waals surface area (Å²) >= 11 is 0. The fraction of sp³-hybridized carbons (Fsp3) is 0.360. The van der Waals surface area contributed by atoms with E-state index in [1.54, 1.807) is 6.07 Å². The average molecular weight is 432 g/mol. The van der Waals surface area contributed by atoms with E-state index in [1.807, 2.05) is 30.3 Å². The third kappa shape index (κ3) is 4.78. The van der Waals surface area contributed by atoms with Crippen LogP contribution >= 0.6 is 0 Å². The number of para-hydroxylation sites is 1. The van der Waals surface area contributed by atoms with E-state index in [-0.39, 0.29) is 11.6 Å². The van der Waals surface area contributed by atoms with E-state index < -0.39 is 0 Å². The number of nitrogens with zero attached hydrogens (tertiary/aromatic N) is 4. The number of aromatic nitrogens is 4. The molecule has 0 saturated heterocycles. The van der Waals surface area contributed by atoms with Crippen LogP contribution in [0.15, 0.2) is 57.8 Å². The Balaban J connectivity index is 1.54. The molecule has 2 heterocycles. The third-order valence-electron chi connectivity index (χ3n) is 5.87. The topological polar surface area (TPSA) is 87.9 Å². The van der Waals surface area contributed by atoms with Crippen molar-refractivity contribution in [3.63, 3.8) is 0 Å². The van der Waals surface area contributed by atoms with Crippen LogP contribution in [-0.4, -0.2) is 31.1 Å². The second kappa shape index (κ2) is 9.44. The van der Waals surface area contributed by atoms with Crippen molar-refractivity contribution in [2.75, 3.05) is 0 Å². The lowest BCUT2D eigenvalue weighted by molar-refractivity contribution is 0.158. The molecule has 0 bridgehead atoms. The van der Waals surface area contributed by atoms with Crippen LogP contribution in [0.25, 0.3) is 22.3 Å². The molecular formula is C25H29N5O2. The minimum atomic E-state index is -0.125. The van der Waals surface area contributed by atoms with Crippen molar-refractivity contribution in [1.29, 1.82) is 0 Å². The zero-order valence-electron chi connectivity index (χ0n) is 19.0. The van der Waals surface area contributed by atoms with Gasteiger partial charge < -0.3 is 9.51 Å². The molecule has 0 fully saturated rings. The summed E-state index contributed by atoms with van der Waals surface area (Å²) in [4.78, 5) is 26.8. The first-order chi connectivity index (χ1) is 15.4. The van der Waals surface area contributed by atoms with Gasteiger partial charge in [-0.15, -0.1) is 0 Å². The minimum Gasteiger partial charge on any atom is -0.338 e. The van der Waals surface area contributed by atoms with Crippen molar-refractivity contribution >= 4 is 10.9 Å². The number of nitrogens with one attached hydrogen (secondary N) is 1. The summed E-state index contributed by atoms with van der Waals surface area (Å²) in [6.45, 7) is 9.56. The van der Waals surface area contributed by atoms with Crippen LogP contribution in [0.1, 0.15) is 57.3 Å². The number of aromatic amines is 1. The monoisotopic (exact) mass is 431 g/mol. The first kappa shape index (κ1) is 21.9. The van der Waals surface area contributed by atoms with E-state index in [0.29, 0.717) is 47.4 Å². The van der Waals surface area contributed by atoms with Gasteiger partial charge in [0, 0.05) is 11.6 Å². The van der Waals surface area contributed by atoms with Crippen LogP contribution in [0.5, 0.6) is 0 Å². The van der Waals surface area contributed by atoms with Crippen molar-refractivity contribution < 1.29 is 4.52 Å². The summed E-state index contributed by atoms with van der Waals surface area (Å²) in [5.74, 6) is 2.22. The van der Waals surface area contributed by atoms with Crippen molar-refractivity contribution in [3.05, 3.63) is 76.2 Å². The highest BCUT2D eigenvalue weighted by Crippen LogP contribution is 2.21.